The van der Waals surface area contributed by atoms with Gasteiger partial charge in [0.05, 0.1) is 34.0 Å². The fourth-order valence-corrected chi connectivity index (χ4v) is 5.84. The molecule has 2 saturated heterocycles. The molecular formula is C18H22N4O3S. The van der Waals surface area contributed by atoms with Crippen LogP contribution in [0.2, 0.25) is 0 Å². The summed E-state index contributed by atoms with van der Waals surface area (Å²) in [5.74, 6) is 1.72. The number of morpholine rings is 1. The summed E-state index contributed by atoms with van der Waals surface area (Å²) in [6.07, 6.45) is 2.82. The van der Waals surface area contributed by atoms with Crippen molar-refractivity contribution in [2.75, 3.05) is 36.1 Å². The molecule has 26 heavy (non-hydrogen) atoms. The first-order chi connectivity index (χ1) is 12.6. The number of benzene rings is 1. The van der Waals surface area contributed by atoms with Crippen LogP contribution in [-0.2, 0) is 14.5 Å². The highest BCUT2D eigenvalue weighted by Gasteiger charge is 2.41. The van der Waals surface area contributed by atoms with Crippen molar-refractivity contribution in [3.8, 4) is 0 Å². The normalized spacial score (nSPS) is 28.8. The van der Waals surface area contributed by atoms with Crippen LogP contribution in [-0.4, -0.2) is 51.0 Å². The van der Waals surface area contributed by atoms with Crippen LogP contribution in [0.5, 0.6) is 0 Å². The number of nitrogens with zero attached hydrogens (tertiary/aromatic N) is 3. The van der Waals surface area contributed by atoms with Gasteiger partial charge in [-0.05, 0) is 25.0 Å². The molecule has 8 heteroatoms. The van der Waals surface area contributed by atoms with E-state index in [-0.39, 0.29) is 11.2 Å². The van der Waals surface area contributed by atoms with Crippen LogP contribution in [0.1, 0.15) is 12.8 Å². The van der Waals surface area contributed by atoms with Crippen molar-refractivity contribution in [2.45, 2.75) is 18.4 Å². The fourth-order valence-electron chi connectivity index (χ4n) is 3.56. The molecule has 7 nitrogen and oxygen atoms in total. The van der Waals surface area contributed by atoms with Gasteiger partial charge in [-0.2, -0.15) is 4.36 Å². The number of anilines is 1. The maximum atomic E-state index is 13.1. The van der Waals surface area contributed by atoms with Crippen molar-refractivity contribution in [3.05, 3.63) is 53.1 Å². The van der Waals surface area contributed by atoms with Gasteiger partial charge < -0.3 is 14.6 Å². The minimum atomic E-state index is -2.25. The molecule has 4 rings (SSSR count). The summed E-state index contributed by atoms with van der Waals surface area (Å²) in [5, 5.41) is 0. The van der Waals surface area contributed by atoms with Gasteiger partial charge in [0.1, 0.15) is 5.82 Å². The van der Waals surface area contributed by atoms with Gasteiger partial charge in [-0.1, -0.05) is 18.2 Å². The van der Waals surface area contributed by atoms with Gasteiger partial charge in [0.2, 0.25) is 0 Å². The lowest BCUT2D eigenvalue weighted by atomic mass is 9.94. The smallest absolute Gasteiger partial charge is 0.252 e. The van der Waals surface area contributed by atoms with Crippen molar-refractivity contribution in [2.24, 2.45) is 4.36 Å². The Kier molecular flexibility index (Phi) is 4.54. The van der Waals surface area contributed by atoms with Crippen LogP contribution in [0, 0.1) is 0 Å². The number of H-pyrrole nitrogens is 1. The Morgan fingerprint density at radius 3 is 2.73 bits per heavy atom. The third-order valence-electron chi connectivity index (χ3n) is 5.02. The van der Waals surface area contributed by atoms with Crippen molar-refractivity contribution < 1.29 is 8.95 Å². The number of aromatic nitrogens is 2. The van der Waals surface area contributed by atoms with Crippen LogP contribution in [0.15, 0.2) is 51.9 Å². The van der Waals surface area contributed by atoms with Crippen molar-refractivity contribution >= 4 is 21.2 Å². The Hall–Kier alpha value is -2.19. The van der Waals surface area contributed by atoms with E-state index in [4.69, 9.17) is 4.74 Å². The lowest BCUT2D eigenvalue weighted by Gasteiger charge is -2.45. The second-order valence-electron chi connectivity index (χ2n) is 6.83. The highest BCUT2D eigenvalue weighted by molar-refractivity contribution is 7.93. The van der Waals surface area contributed by atoms with E-state index in [2.05, 4.69) is 19.2 Å². The molecule has 0 bridgehead atoms. The summed E-state index contributed by atoms with van der Waals surface area (Å²) in [6.45, 7) is 1.93. The second-order valence-corrected chi connectivity index (χ2v) is 9.37. The number of hydrogen-bond acceptors (Lipinski definition) is 6. The van der Waals surface area contributed by atoms with Gasteiger partial charge in [-0.15, -0.1) is 0 Å². The second kappa shape index (κ2) is 6.85. The topological polar surface area (TPSA) is 87.7 Å². The van der Waals surface area contributed by atoms with E-state index in [0.29, 0.717) is 49.9 Å². The summed E-state index contributed by atoms with van der Waals surface area (Å²) >= 11 is 0. The summed E-state index contributed by atoms with van der Waals surface area (Å²) in [7, 11) is -2.25. The molecule has 2 aromatic rings. The molecule has 2 aliphatic rings. The number of nitrogens with one attached hydrogen (secondary N) is 1. The molecule has 0 atom stereocenters. The SMILES string of the molecule is O=c1cc(N2CCOC3(CCS(=O)(=Nc4ccccc4)CC3)C2)nc[nH]1. The molecule has 0 amide bonds. The molecule has 2 aliphatic heterocycles. The standard InChI is InChI=1S/C18H22N4O3S/c23-17-12-16(19-14-20-17)22-8-9-25-18(13-22)6-10-26(24,11-7-18)21-15-4-2-1-3-5-15/h1-5,12,14H,6-11,13H2,(H,19,20,23). The maximum Gasteiger partial charge on any atom is 0.252 e. The zero-order valence-electron chi connectivity index (χ0n) is 14.5. The van der Waals surface area contributed by atoms with E-state index in [1.54, 1.807) is 0 Å². The van der Waals surface area contributed by atoms with Crippen LogP contribution in [0.3, 0.4) is 0 Å². The average molecular weight is 374 g/mol. The Labute approximate surface area is 152 Å². The number of ether oxygens (including phenoxy) is 1. The van der Waals surface area contributed by atoms with Crippen LogP contribution in [0.25, 0.3) is 0 Å². The average Bonchev–Trinajstić information content (AvgIpc) is 2.66. The summed E-state index contributed by atoms with van der Waals surface area (Å²) in [6, 6.07) is 11.0. The third kappa shape index (κ3) is 3.66. The number of rotatable bonds is 2. The molecule has 138 valence electrons. The summed E-state index contributed by atoms with van der Waals surface area (Å²) in [5.41, 5.74) is 0.270. The predicted molar refractivity (Wildman–Crippen MR) is 101 cm³/mol. The van der Waals surface area contributed by atoms with Gasteiger partial charge in [-0.3, -0.25) is 4.79 Å². The van der Waals surface area contributed by atoms with Crippen LogP contribution >= 0.6 is 0 Å². The van der Waals surface area contributed by atoms with Gasteiger partial charge in [0, 0.05) is 30.7 Å². The molecule has 1 aromatic heterocycles. The fraction of sp³-hybridized carbons (Fsp3) is 0.444. The third-order valence-corrected chi connectivity index (χ3v) is 7.25. The molecule has 0 unspecified atom stereocenters. The molecule has 2 fully saturated rings. The van der Waals surface area contributed by atoms with E-state index in [1.807, 2.05) is 30.3 Å². The van der Waals surface area contributed by atoms with Gasteiger partial charge >= 0.3 is 0 Å². The lowest BCUT2D eigenvalue weighted by Crippen LogP contribution is -2.55. The highest BCUT2D eigenvalue weighted by atomic mass is 32.2. The predicted octanol–water partition coefficient (Wildman–Crippen LogP) is 1.94. The van der Waals surface area contributed by atoms with Crippen molar-refractivity contribution in [1.82, 2.24) is 9.97 Å². The van der Waals surface area contributed by atoms with E-state index in [1.165, 1.54) is 12.4 Å². The number of hydrogen-bond donors (Lipinski definition) is 1. The zero-order valence-corrected chi connectivity index (χ0v) is 15.3. The first kappa shape index (κ1) is 17.2. The van der Waals surface area contributed by atoms with E-state index in [9.17, 15) is 9.00 Å². The minimum Gasteiger partial charge on any atom is -0.371 e. The molecule has 1 N–H and O–H groups in total. The van der Waals surface area contributed by atoms with Crippen LogP contribution < -0.4 is 10.5 Å². The molecule has 3 heterocycles. The van der Waals surface area contributed by atoms with Gasteiger partial charge in [0.15, 0.2) is 0 Å². The first-order valence-corrected chi connectivity index (χ1v) is 10.6. The first-order valence-electron chi connectivity index (χ1n) is 8.77. The molecule has 1 aromatic carbocycles. The Bertz CT molecular complexity index is 936. The zero-order chi connectivity index (χ0) is 18.0. The minimum absolute atomic E-state index is 0.163. The molecule has 1 spiro atoms. The van der Waals surface area contributed by atoms with E-state index in [0.717, 1.165) is 5.69 Å². The Morgan fingerprint density at radius 2 is 2.00 bits per heavy atom. The van der Waals surface area contributed by atoms with Gasteiger partial charge in [0.25, 0.3) is 5.56 Å². The van der Waals surface area contributed by atoms with Crippen LogP contribution in [0.4, 0.5) is 11.5 Å². The Morgan fingerprint density at radius 1 is 1.23 bits per heavy atom. The maximum absolute atomic E-state index is 13.1. The van der Waals surface area contributed by atoms with E-state index >= 15 is 0 Å². The summed E-state index contributed by atoms with van der Waals surface area (Å²) < 4.78 is 23.7. The quantitative estimate of drug-likeness (QED) is 0.868. The highest BCUT2D eigenvalue weighted by Crippen LogP contribution is 2.34. The van der Waals surface area contributed by atoms with Gasteiger partial charge in [-0.25, -0.2) is 9.19 Å². The Balaban J connectivity index is 1.50. The molecule has 0 aliphatic carbocycles. The number of aromatic amines is 1. The summed E-state index contributed by atoms with van der Waals surface area (Å²) in [4.78, 5) is 20.4. The molecule has 0 saturated carbocycles. The van der Waals surface area contributed by atoms with E-state index < -0.39 is 9.73 Å². The largest absolute Gasteiger partial charge is 0.371 e. The lowest BCUT2D eigenvalue weighted by molar-refractivity contribution is -0.0615. The molecule has 0 radical (unpaired) electrons. The van der Waals surface area contributed by atoms with Crippen molar-refractivity contribution in [3.63, 3.8) is 0 Å². The monoisotopic (exact) mass is 374 g/mol. The molecular weight excluding hydrogens is 352 g/mol. The van der Waals surface area contributed by atoms with Crippen molar-refractivity contribution in [1.29, 1.82) is 0 Å².